The van der Waals surface area contributed by atoms with Crippen molar-refractivity contribution in [3.63, 3.8) is 0 Å². The van der Waals surface area contributed by atoms with Gasteiger partial charge in [-0.3, -0.25) is 0 Å². The molecule has 2 aromatic carbocycles. The lowest BCUT2D eigenvalue weighted by atomic mass is 10.0. The Morgan fingerprint density at radius 3 is 2.42 bits per heavy atom. The van der Waals surface area contributed by atoms with Crippen LogP contribution in [0.2, 0.25) is 0 Å². The zero-order chi connectivity index (χ0) is 16.1. The lowest BCUT2D eigenvalue weighted by Crippen LogP contribution is -2.10. The third kappa shape index (κ3) is 4.02. The zero-order valence-corrected chi connectivity index (χ0v) is 14.1. The summed E-state index contributed by atoms with van der Waals surface area (Å²) in [6, 6.07) is 19.7. The van der Waals surface area contributed by atoms with Crippen molar-refractivity contribution in [3.05, 3.63) is 89.5 Å². The van der Waals surface area contributed by atoms with Gasteiger partial charge in [-0.15, -0.1) is 12.4 Å². The highest BCUT2D eigenvalue weighted by molar-refractivity contribution is 5.85. The Balaban J connectivity index is 0.00000208. The summed E-state index contributed by atoms with van der Waals surface area (Å²) in [5, 5.41) is 8.95. The molecule has 0 radical (unpaired) electrons. The van der Waals surface area contributed by atoms with Crippen molar-refractivity contribution in [1.82, 2.24) is 9.55 Å². The number of hydrogen-bond donors (Lipinski definition) is 0. The van der Waals surface area contributed by atoms with Crippen molar-refractivity contribution in [2.75, 3.05) is 0 Å². The van der Waals surface area contributed by atoms with Gasteiger partial charge in [0.2, 0.25) is 0 Å². The van der Waals surface area contributed by atoms with Crippen LogP contribution in [0.5, 0.6) is 0 Å². The van der Waals surface area contributed by atoms with Gasteiger partial charge >= 0.3 is 0 Å². The largest absolute Gasteiger partial charge is 0.363 e. The SMILES string of the molecule is Cl.Cn1cncc1C(OCc1ccccc1)c1ccc(C#N)cc1. The van der Waals surface area contributed by atoms with Gasteiger partial charge in [-0.25, -0.2) is 4.98 Å². The van der Waals surface area contributed by atoms with Crippen LogP contribution in [0.25, 0.3) is 0 Å². The third-order valence-corrected chi connectivity index (χ3v) is 3.72. The highest BCUT2D eigenvalue weighted by Gasteiger charge is 2.18. The molecule has 1 aromatic heterocycles. The van der Waals surface area contributed by atoms with E-state index in [2.05, 4.69) is 11.1 Å². The van der Waals surface area contributed by atoms with E-state index >= 15 is 0 Å². The van der Waals surface area contributed by atoms with E-state index in [4.69, 9.17) is 10.00 Å². The van der Waals surface area contributed by atoms with Crippen LogP contribution in [0.15, 0.2) is 67.1 Å². The quantitative estimate of drug-likeness (QED) is 0.705. The molecule has 0 aliphatic rings. The molecule has 0 bridgehead atoms. The van der Waals surface area contributed by atoms with Gasteiger partial charge in [0.1, 0.15) is 6.10 Å². The number of benzene rings is 2. The minimum atomic E-state index is -0.226. The third-order valence-electron chi connectivity index (χ3n) is 3.72. The highest BCUT2D eigenvalue weighted by atomic mass is 35.5. The summed E-state index contributed by atoms with van der Waals surface area (Å²) in [6.45, 7) is 0.511. The lowest BCUT2D eigenvalue weighted by molar-refractivity contribution is 0.0622. The molecule has 5 heteroatoms. The summed E-state index contributed by atoms with van der Waals surface area (Å²) in [4.78, 5) is 4.19. The van der Waals surface area contributed by atoms with E-state index in [-0.39, 0.29) is 18.5 Å². The molecule has 0 N–H and O–H groups in total. The Morgan fingerprint density at radius 1 is 1.12 bits per heavy atom. The molecule has 4 nitrogen and oxygen atoms in total. The molecule has 0 aliphatic heterocycles. The van der Waals surface area contributed by atoms with Gasteiger partial charge in [0.05, 0.1) is 36.5 Å². The predicted molar refractivity (Wildman–Crippen MR) is 94.7 cm³/mol. The van der Waals surface area contributed by atoms with E-state index in [1.165, 1.54) is 0 Å². The molecule has 1 atom stereocenters. The maximum Gasteiger partial charge on any atom is 0.124 e. The molecule has 0 saturated heterocycles. The summed E-state index contributed by atoms with van der Waals surface area (Å²) in [7, 11) is 1.95. The minimum absolute atomic E-state index is 0. The Bertz CT molecular complexity index is 807. The molecule has 0 amide bonds. The average Bonchev–Trinajstić information content (AvgIpc) is 3.02. The van der Waals surface area contributed by atoms with Crippen molar-refractivity contribution in [2.45, 2.75) is 12.7 Å². The van der Waals surface area contributed by atoms with Crippen molar-refractivity contribution in [1.29, 1.82) is 5.26 Å². The van der Waals surface area contributed by atoms with Gasteiger partial charge in [-0.2, -0.15) is 5.26 Å². The number of rotatable bonds is 5. The fraction of sp³-hybridized carbons (Fsp3) is 0.158. The van der Waals surface area contributed by atoms with Crippen LogP contribution < -0.4 is 0 Å². The molecular formula is C19H18ClN3O. The fourth-order valence-electron chi connectivity index (χ4n) is 2.46. The second-order valence-electron chi connectivity index (χ2n) is 5.34. The smallest absolute Gasteiger partial charge is 0.124 e. The van der Waals surface area contributed by atoms with E-state index in [0.29, 0.717) is 12.2 Å². The van der Waals surface area contributed by atoms with Crippen LogP contribution >= 0.6 is 12.4 Å². The van der Waals surface area contributed by atoms with Crippen molar-refractivity contribution in [3.8, 4) is 6.07 Å². The topological polar surface area (TPSA) is 50.8 Å². The average molecular weight is 340 g/mol. The van der Waals surface area contributed by atoms with Gasteiger partial charge < -0.3 is 9.30 Å². The minimum Gasteiger partial charge on any atom is -0.363 e. The predicted octanol–water partition coefficient (Wildman–Crippen LogP) is 4.02. The summed E-state index contributed by atoms with van der Waals surface area (Å²) in [6.07, 6.45) is 3.35. The first kappa shape index (κ1) is 17.7. The van der Waals surface area contributed by atoms with E-state index in [9.17, 15) is 0 Å². The monoisotopic (exact) mass is 339 g/mol. The highest BCUT2D eigenvalue weighted by Crippen LogP contribution is 2.27. The molecule has 122 valence electrons. The van der Waals surface area contributed by atoms with Gasteiger partial charge in [-0.05, 0) is 23.3 Å². The first-order chi connectivity index (χ1) is 11.3. The van der Waals surface area contributed by atoms with Crippen LogP contribution in [0.4, 0.5) is 0 Å². The second-order valence-corrected chi connectivity index (χ2v) is 5.34. The maximum atomic E-state index is 8.95. The number of nitriles is 1. The number of hydrogen-bond acceptors (Lipinski definition) is 3. The molecule has 0 aliphatic carbocycles. The Labute approximate surface area is 147 Å². The first-order valence-corrected chi connectivity index (χ1v) is 7.40. The Kier molecular flexibility index (Phi) is 6.14. The van der Waals surface area contributed by atoms with Crippen molar-refractivity contribution >= 4 is 12.4 Å². The van der Waals surface area contributed by atoms with Crippen molar-refractivity contribution in [2.24, 2.45) is 7.05 Å². The summed E-state index contributed by atoms with van der Waals surface area (Å²) in [5.41, 5.74) is 3.74. The molecule has 0 spiro atoms. The number of aromatic nitrogens is 2. The zero-order valence-electron chi connectivity index (χ0n) is 13.3. The maximum absolute atomic E-state index is 8.95. The Morgan fingerprint density at radius 2 is 1.83 bits per heavy atom. The Hall–Kier alpha value is -2.61. The second kappa shape index (κ2) is 8.30. The molecule has 3 rings (SSSR count). The number of ether oxygens (including phenoxy) is 1. The van der Waals surface area contributed by atoms with Crippen LogP contribution in [-0.2, 0) is 18.4 Å². The number of halogens is 1. The summed E-state index contributed by atoms with van der Waals surface area (Å²) < 4.78 is 8.12. The van der Waals surface area contributed by atoms with Gasteiger partial charge in [-0.1, -0.05) is 42.5 Å². The standard InChI is InChI=1S/C19H17N3O.ClH/c1-22-14-21-12-18(22)19(17-9-7-15(11-20)8-10-17)23-13-16-5-3-2-4-6-16;/h2-10,12,14,19H,13H2,1H3;1H. The van der Waals surface area contributed by atoms with E-state index < -0.39 is 0 Å². The molecule has 1 unspecified atom stereocenters. The summed E-state index contributed by atoms with van der Waals surface area (Å²) >= 11 is 0. The van der Waals surface area contributed by atoms with E-state index in [0.717, 1.165) is 16.8 Å². The lowest BCUT2D eigenvalue weighted by Gasteiger charge is -2.19. The number of imidazole rings is 1. The molecule has 3 aromatic rings. The molecule has 0 fully saturated rings. The normalized spacial score (nSPS) is 11.3. The molecule has 0 saturated carbocycles. The van der Waals surface area contributed by atoms with Gasteiger partial charge in [0.25, 0.3) is 0 Å². The van der Waals surface area contributed by atoms with Crippen molar-refractivity contribution < 1.29 is 4.74 Å². The van der Waals surface area contributed by atoms with Crippen LogP contribution in [-0.4, -0.2) is 9.55 Å². The molecule has 24 heavy (non-hydrogen) atoms. The van der Waals surface area contributed by atoms with Crippen LogP contribution in [0, 0.1) is 11.3 Å². The summed E-state index contributed by atoms with van der Waals surface area (Å²) in [5.74, 6) is 0. The van der Waals surface area contributed by atoms with Crippen LogP contribution in [0.1, 0.15) is 28.5 Å². The van der Waals surface area contributed by atoms with Gasteiger partial charge in [0, 0.05) is 7.05 Å². The van der Waals surface area contributed by atoms with Crippen LogP contribution in [0.3, 0.4) is 0 Å². The fourth-order valence-corrected chi connectivity index (χ4v) is 2.46. The van der Waals surface area contributed by atoms with E-state index in [1.807, 2.05) is 72.4 Å². The first-order valence-electron chi connectivity index (χ1n) is 7.40. The van der Waals surface area contributed by atoms with Gasteiger partial charge in [0.15, 0.2) is 0 Å². The number of aryl methyl sites for hydroxylation is 1. The number of nitrogens with zero attached hydrogens (tertiary/aromatic N) is 3. The van der Waals surface area contributed by atoms with E-state index in [1.54, 1.807) is 6.33 Å². The molecular weight excluding hydrogens is 322 g/mol. The molecule has 1 heterocycles.